The van der Waals surface area contributed by atoms with Gasteiger partial charge in [-0.3, -0.25) is 18.3 Å². The van der Waals surface area contributed by atoms with E-state index in [2.05, 4.69) is 23.4 Å². The summed E-state index contributed by atoms with van der Waals surface area (Å²) in [5.74, 6) is 1.39. The maximum absolute atomic E-state index is 13.1. The lowest BCUT2D eigenvalue weighted by Crippen LogP contribution is -2.40. The highest BCUT2D eigenvalue weighted by atomic mass is 16.2. The van der Waals surface area contributed by atoms with Crippen molar-refractivity contribution >= 4 is 16.9 Å². The maximum Gasteiger partial charge on any atom is 0.332 e. The molecule has 0 aliphatic heterocycles. The highest BCUT2D eigenvalue weighted by molar-refractivity contribution is 5.76. The van der Waals surface area contributed by atoms with Crippen LogP contribution in [0.15, 0.2) is 9.59 Å². The molecule has 3 aromatic heterocycles. The van der Waals surface area contributed by atoms with Crippen molar-refractivity contribution in [2.45, 2.75) is 54.6 Å². The zero-order chi connectivity index (χ0) is 18.6. The highest BCUT2D eigenvalue weighted by Crippen LogP contribution is 2.21. The molecule has 0 saturated heterocycles. The Balaban J connectivity index is 2.49. The summed E-state index contributed by atoms with van der Waals surface area (Å²) < 4.78 is 6.86. The molecule has 3 aromatic rings. The molecule has 3 heterocycles. The number of aromatic nitrogens is 5. The van der Waals surface area contributed by atoms with Gasteiger partial charge in [0.05, 0.1) is 0 Å². The van der Waals surface area contributed by atoms with Crippen LogP contribution in [-0.4, -0.2) is 23.1 Å². The minimum absolute atomic E-state index is 0.208. The molecule has 0 saturated carbocycles. The van der Waals surface area contributed by atoms with Gasteiger partial charge in [-0.25, -0.2) is 4.79 Å². The summed E-state index contributed by atoms with van der Waals surface area (Å²) in [6.07, 6.45) is 0. The monoisotopic (exact) mass is 345 g/mol. The first-order valence-corrected chi connectivity index (χ1v) is 8.82. The maximum atomic E-state index is 13.1. The van der Waals surface area contributed by atoms with Crippen LogP contribution >= 0.6 is 0 Å². The third-order valence-electron chi connectivity index (χ3n) is 4.73. The average molecular weight is 345 g/mol. The second-order valence-corrected chi connectivity index (χ2v) is 7.75. The smallest absolute Gasteiger partial charge is 0.314 e. The molecule has 7 heteroatoms. The fraction of sp³-hybridized carbons (Fsp3) is 0.611. The second kappa shape index (κ2) is 5.89. The van der Waals surface area contributed by atoms with Crippen molar-refractivity contribution in [2.24, 2.45) is 18.9 Å². The summed E-state index contributed by atoms with van der Waals surface area (Å²) in [7, 11) is 1.68. The molecule has 0 bridgehead atoms. The van der Waals surface area contributed by atoms with Crippen LogP contribution in [-0.2, 0) is 20.1 Å². The quantitative estimate of drug-likeness (QED) is 0.727. The SMILES string of the molecule is Cc1c(C)n2c3c(=O)n(CC(C)C)c(=O)n(C)c3nc2n1CC(C)C. The zero-order valence-electron chi connectivity index (χ0n) is 16.1. The van der Waals surface area contributed by atoms with E-state index in [1.807, 2.05) is 32.1 Å². The van der Waals surface area contributed by atoms with Gasteiger partial charge in [0.25, 0.3) is 5.56 Å². The van der Waals surface area contributed by atoms with Crippen molar-refractivity contribution in [3.63, 3.8) is 0 Å². The number of fused-ring (bicyclic) bond motifs is 3. The molecule has 0 spiro atoms. The lowest BCUT2D eigenvalue weighted by Gasteiger charge is -2.10. The first-order valence-electron chi connectivity index (χ1n) is 8.82. The number of hydrogen-bond donors (Lipinski definition) is 0. The predicted molar refractivity (Wildman–Crippen MR) is 99.3 cm³/mol. The molecule has 0 aliphatic rings. The Morgan fingerprint density at radius 2 is 1.48 bits per heavy atom. The second-order valence-electron chi connectivity index (χ2n) is 7.75. The Kier molecular flexibility index (Phi) is 4.13. The Morgan fingerprint density at radius 3 is 2.04 bits per heavy atom. The highest BCUT2D eigenvalue weighted by Gasteiger charge is 2.22. The van der Waals surface area contributed by atoms with Gasteiger partial charge in [0, 0.05) is 31.5 Å². The van der Waals surface area contributed by atoms with Crippen molar-refractivity contribution in [1.82, 2.24) is 23.1 Å². The summed E-state index contributed by atoms with van der Waals surface area (Å²) in [5, 5.41) is 0. The van der Waals surface area contributed by atoms with Crippen LogP contribution in [0.3, 0.4) is 0 Å². The van der Waals surface area contributed by atoms with E-state index in [0.29, 0.717) is 23.6 Å². The van der Waals surface area contributed by atoms with Gasteiger partial charge >= 0.3 is 5.69 Å². The largest absolute Gasteiger partial charge is 0.332 e. The molecule has 25 heavy (non-hydrogen) atoms. The normalized spacial score (nSPS) is 12.4. The summed E-state index contributed by atoms with van der Waals surface area (Å²) in [6.45, 7) is 13.6. The fourth-order valence-electron chi connectivity index (χ4n) is 3.42. The molecule has 3 rings (SSSR count). The number of rotatable bonds is 4. The summed E-state index contributed by atoms with van der Waals surface area (Å²) in [4.78, 5) is 30.4. The van der Waals surface area contributed by atoms with E-state index in [1.54, 1.807) is 7.05 Å². The van der Waals surface area contributed by atoms with Crippen LogP contribution in [0.4, 0.5) is 0 Å². The first-order chi connectivity index (χ1) is 11.6. The van der Waals surface area contributed by atoms with Gasteiger partial charge in [-0.1, -0.05) is 27.7 Å². The van der Waals surface area contributed by atoms with Gasteiger partial charge in [-0.15, -0.1) is 0 Å². The minimum Gasteiger partial charge on any atom is -0.314 e. The van der Waals surface area contributed by atoms with Gasteiger partial charge in [0.2, 0.25) is 5.78 Å². The number of hydrogen-bond acceptors (Lipinski definition) is 3. The molecule has 0 atom stereocenters. The van der Waals surface area contributed by atoms with Crippen LogP contribution in [0.5, 0.6) is 0 Å². The lowest BCUT2D eigenvalue weighted by atomic mass is 10.2. The summed E-state index contributed by atoms with van der Waals surface area (Å²) in [5.41, 5.74) is 2.46. The van der Waals surface area contributed by atoms with Crippen LogP contribution in [0.2, 0.25) is 0 Å². The zero-order valence-corrected chi connectivity index (χ0v) is 16.1. The van der Waals surface area contributed by atoms with Crippen LogP contribution in [0, 0.1) is 25.7 Å². The molecule has 0 amide bonds. The molecule has 0 unspecified atom stereocenters. The molecule has 0 fully saturated rings. The molecular formula is C18H27N5O2. The number of imidazole rings is 2. The average Bonchev–Trinajstić information content (AvgIpc) is 3.01. The van der Waals surface area contributed by atoms with Crippen molar-refractivity contribution in [1.29, 1.82) is 0 Å². The van der Waals surface area contributed by atoms with Crippen molar-refractivity contribution in [3.05, 3.63) is 32.2 Å². The van der Waals surface area contributed by atoms with E-state index in [0.717, 1.165) is 23.7 Å². The van der Waals surface area contributed by atoms with Gasteiger partial charge in [0.1, 0.15) is 0 Å². The van der Waals surface area contributed by atoms with Crippen LogP contribution < -0.4 is 11.2 Å². The van der Waals surface area contributed by atoms with E-state index in [1.165, 1.54) is 9.13 Å². The first kappa shape index (κ1) is 17.5. The van der Waals surface area contributed by atoms with E-state index in [4.69, 9.17) is 0 Å². The van der Waals surface area contributed by atoms with Crippen LogP contribution in [0.25, 0.3) is 16.9 Å². The van der Waals surface area contributed by atoms with Gasteiger partial charge < -0.3 is 4.57 Å². The van der Waals surface area contributed by atoms with Crippen molar-refractivity contribution in [3.8, 4) is 0 Å². The molecule has 0 aromatic carbocycles. The number of aryl methyl sites for hydroxylation is 2. The van der Waals surface area contributed by atoms with E-state index >= 15 is 0 Å². The Morgan fingerprint density at radius 1 is 0.920 bits per heavy atom. The molecule has 7 nitrogen and oxygen atoms in total. The number of nitrogens with zero attached hydrogens (tertiary/aromatic N) is 5. The molecule has 136 valence electrons. The minimum atomic E-state index is -0.309. The van der Waals surface area contributed by atoms with E-state index in [9.17, 15) is 9.59 Å². The molecule has 0 N–H and O–H groups in total. The van der Waals surface area contributed by atoms with E-state index in [-0.39, 0.29) is 17.2 Å². The van der Waals surface area contributed by atoms with E-state index < -0.39 is 0 Å². The summed E-state index contributed by atoms with van der Waals surface area (Å²) in [6, 6.07) is 0. The van der Waals surface area contributed by atoms with Crippen LogP contribution in [0.1, 0.15) is 39.1 Å². The lowest BCUT2D eigenvalue weighted by molar-refractivity contribution is 0.484. The summed E-state index contributed by atoms with van der Waals surface area (Å²) >= 11 is 0. The fourth-order valence-corrected chi connectivity index (χ4v) is 3.42. The topological polar surface area (TPSA) is 66.2 Å². The van der Waals surface area contributed by atoms with Crippen molar-refractivity contribution < 1.29 is 0 Å². The molecule has 0 radical (unpaired) electrons. The third kappa shape index (κ3) is 2.53. The standard InChI is InChI=1S/C18H27N5O2/c1-10(2)8-21-12(5)13(6)23-14-15(19-17(21)23)20(7)18(25)22(16(14)24)9-11(3)4/h10-11H,8-9H2,1-7H3. The molecular weight excluding hydrogens is 318 g/mol. The molecule has 0 aliphatic carbocycles. The van der Waals surface area contributed by atoms with Gasteiger partial charge in [-0.05, 0) is 25.7 Å². The Bertz CT molecular complexity index is 1080. The predicted octanol–water partition coefficient (Wildman–Crippen LogP) is 2.08. The third-order valence-corrected chi connectivity index (χ3v) is 4.73. The Hall–Kier alpha value is -2.31. The Labute approximate surface area is 146 Å². The van der Waals surface area contributed by atoms with Gasteiger partial charge in [-0.2, -0.15) is 4.98 Å². The van der Waals surface area contributed by atoms with Crippen molar-refractivity contribution in [2.75, 3.05) is 0 Å². The van der Waals surface area contributed by atoms with Gasteiger partial charge in [0.15, 0.2) is 11.2 Å².